The fourth-order valence-electron chi connectivity index (χ4n) is 0.953. The summed E-state index contributed by atoms with van der Waals surface area (Å²) in [6, 6.07) is 0. The zero-order valence-electron chi connectivity index (χ0n) is 8.78. The molecule has 0 atom stereocenters. The van der Waals surface area contributed by atoms with Gasteiger partial charge in [0.2, 0.25) is 0 Å². The summed E-state index contributed by atoms with van der Waals surface area (Å²) < 4.78 is 0. The van der Waals surface area contributed by atoms with Gasteiger partial charge in [-0.05, 0) is 6.26 Å². The fraction of sp³-hybridized carbons (Fsp3) is 0.444. The van der Waals surface area contributed by atoms with E-state index in [2.05, 4.69) is 20.6 Å². The number of aromatic nitrogens is 2. The van der Waals surface area contributed by atoms with Crippen molar-refractivity contribution >= 4 is 23.5 Å². The van der Waals surface area contributed by atoms with Gasteiger partial charge >= 0.3 is 0 Å². The molecule has 0 fully saturated rings. The first-order chi connectivity index (χ1) is 7.27. The Morgan fingerprint density at radius 1 is 1.53 bits per heavy atom. The van der Waals surface area contributed by atoms with Gasteiger partial charge in [-0.1, -0.05) is 0 Å². The van der Waals surface area contributed by atoms with Crippen LogP contribution in [0.4, 0.5) is 5.82 Å². The van der Waals surface area contributed by atoms with Crippen LogP contribution in [0.1, 0.15) is 10.5 Å². The van der Waals surface area contributed by atoms with Crippen molar-refractivity contribution in [3.8, 4) is 0 Å². The van der Waals surface area contributed by atoms with Crippen LogP contribution in [0.25, 0.3) is 0 Å². The maximum absolute atomic E-state index is 11.5. The molecule has 0 aliphatic heterocycles. The van der Waals surface area contributed by atoms with Gasteiger partial charge in [-0.25, -0.2) is 4.98 Å². The summed E-state index contributed by atoms with van der Waals surface area (Å²) in [4.78, 5) is 19.5. The lowest BCUT2D eigenvalue weighted by molar-refractivity contribution is 0.0951. The van der Waals surface area contributed by atoms with Crippen molar-refractivity contribution in [1.82, 2.24) is 15.3 Å². The standard InChI is InChI=1S/C9H14N4OS/c1-10-8-6-11-5-7(13-8)9(14)12-3-4-15-2/h5-6H,3-4H2,1-2H3,(H,10,13)(H,12,14). The van der Waals surface area contributed by atoms with Crippen LogP contribution >= 0.6 is 11.8 Å². The maximum atomic E-state index is 11.5. The molecule has 0 radical (unpaired) electrons. The highest BCUT2D eigenvalue weighted by Crippen LogP contribution is 2.00. The number of nitrogens with zero attached hydrogens (tertiary/aromatic N) is 2. The van der Waals surface area contributed by atoms with Crippen molar-refractivity contribution in [2.45, 2.75) is 0 Å². The molecule has 2 N–H and O–H groups in total. The lowest BCUT2D eigenvalue weighted by Gasteiger charge is -2.04. The molecule has 0 aliphatic rings. The zero-order valence-corrected chi connectivity index (χ0v) is 9.60. The number of hydrogen-bond donors (Lipinski definition) is 2. The van der Waals surface area contributed by atoms with Gasteiger partial charge < -0.3 is 10.6 Å². The second-order valence-electron chi connectivity index (χ2n) is 2.79. The first kappa shape index (κ1) is 11.8. The number of carbonyl (C=O) groups is 1. The molecule has 1 rings (SSSR count). The zero-order chi connectivity index (χ0) is 11.1. The van der Waals surface area contributed by atoms with Gasteiger partial charge in [0.1, 0.15) is 11.5 Å². The third-order valence-electron chi connectivity index (χ3n) is 1.72. The van der Waals surface area contributed by atoms with Crippen molar-refractivity contribution < 1.29 is 4.79 Å². The molecule has 1 aromatic rings. The molecule has 0 aliphatic carbocycles. The molecule has 0 bridgehead atoms. The van der Waals surface area contributed by atoms with E-state index in [0.29, 0.717) is 18.1 Å². The summed E-state index contributed by atoms with van der Waals surface area (Å²) in [6.45, 7) is 0.644. The number of thioether (sulfide) groups is 1. The van der Waals surface area contributed by atoms with Gasteiger partial charge in [0.25, 0.3) is 5.91 Å². The fourth-order valence-corrected chi connectivity index (χ4v) is 1.26. The lowest BCUT2D eigenvalue weighted by atomic mass is 10.4. The maximum Gasteiger partial charge on any atom is 0.271 e. The molecule has 0 spiro atoms. The van der Waals surface area contributed by atoms with Crippen LogP contribution in [0.15, 0.2) is 12.4 Å². The highest BCUT2D eigenvalue weighted by Gasteiger charge is 2.06. The molecule has 1 heterocycles. The number of amides is 1. The van der Waals surface area contributed by atoms with Crippen molar-refractivity contribution in [2.75, 3.05) is 30.9 Å². The first-order valence-corrected chi connectivity index (χ1v) is 5.94. The van der Waals surface area contributed by atoms with Crippen LogP contribution in [0.2, 0.25) is 0 Å². The smallest absolute Gasteiger partial charge is 0.271 e. The summed E-state index contributed by atoms with van der Waals surface area (Å²) in [5.74, 6) is 1.30. The Morgan fingerprint density at radius 3 is 3.00 bits per heavy atom. The molecule has 0 aromatic carbocycles. The summed E-state index contributed by atoms with van der Waals surface area (Å²) in [5, 5.41) is 5.59. The molecule has 1 aromatic heterocycles. The highest BCUT2D eigenvalue weighted by molar-refractivity contribution is 7.98. The monoisotopic (exact) mass is 226 g/mol. The first-order valence-electron chi connectivity index (χ1n) is 4.55. The van der Waals surface area contributed by atoms with Crippen LogP contribution in [0.5, 0.6) is 0 Å². The highest BCUT2D eigenvalue weighted by atomic mass is 32.2. The van der Waals surface area contributed by atoms with E-state index >= 15 is 0 Å². The van der Waals surface area contributed by atoms with Gasteiger partial charge in [-0.15, -0.1) is 0 Å². The van der Waals surface area contributed by atoms with Crippen molar-refractivity contribution in [2.24, 2.45) is 0 Å². The molecule has 1 amide bonds. The Balaban J connectivity index is 2.57. The predicted octanol–water partition coefficient (Wildman–Crippen LogP) is 0.611. The van der Waals surface area contributed by atoms with Crippen molar-refractivity contribution in [1.29, 1.82) is 0 Å². The summed E-state index contributed by atoms with van der Waals surface area (Å²) in [7, 11) is 1.74. The second kappa shape index (κ2) is 6.23. The van der Waals surface area contributed by atoms with E-state index in [1.54, 1.807) is 25.0 Å². The normalized spacial score (nSPS) is 9.73. The van der Waals surface area contributed by atoms with E-state index in [1.165, 1.54) is 6.20 Å². The third kappa shape index (κ3) is 3.75. The molecular weight excluding hydrogens is 212 g/mol. The Morgan fingerprint density at radius 2 is 2.33 bits per heavy atom. The number of rotatable bonds is 5. The van der Waals surface area contributed by atoms with Gasteiger partial charge in [0.15, 0.2) is 0 Å². The van der Waals surface area contributed by atoms with E-state index in [4.69, 9.17) is 0 Å². The van der Waals surface area contributed by atoms with Gasteiger partial charge in [0.05, 0.1) is 12.4 Å². The van der Waals surface area contributed by atoms with Gasteiger partial charge in [0, 0.05) is 19.3 Å². The summed E-state index contributed by atoms with van der Waals surface area (Å²) in [6.07, 6.45) is 5.02. The minimum Gasteiger partial charge on any atom is -0.372 e. The van der Waals surface area contributed by atoms with Gasteiger partial charge in [-0.3, -0.25) is 9.78 Å². The van der Waals surface area contributed by atoms with Crippen LogP contribution in [-0.2, 0) is 0 Å². The Hall–Kier alpha value is -1.30. The molecule has 0 unspecified atom stereocenters. The minimum absolute atomic E-state index is 0.186. The Bertz CT molecular complexity index is 332. The third-order valence-corrected chi connectivity index (χ3v) is 2.33. The average molecular weight is 226 g/mol. The van der Waals surface area contributed by atoms with Crippen LogP contribution in [-0.4, -0.2) is 41.5 Å². The predicted molar refractivity (Wildman–Crippen MR) is 62.3 cm³/mol. The topological polar surface area (TPSA) is 66.9 Å². The van der Waals surface area contributed by atoms with E-state index in [9.17, 15) is 4.79 Å². The van der Waals surface area contributed by atoms with E-state index in [0.717, 1.165) is 5.75 Å². The van der Waals surface area contributed by atoms with Crippen LogP contribution in [0.3, 0.4) is 0 Å². The van der Waals surface area contributed by atoms with E-state index < -0.39 is 0 Å². The average Bonchev–Trinajstić information content (AvgIpc) is 2.29. The molecule has 6 heteroatoms. The second-order valence-corrected chi connectivity index (χ2v) is 3.77. The molecular formula is C9H14N4OS. The minimum atomic E-state index is -0.186. The molecule has 5 nitrogen and oxygen atoms in total. The summed E-state index contributed by atoms with van der Waals surface area (Å²) >= 11 is 1.68. The molecule has 0 saturated carbocycles. The van der Waals surface area contributed by atoms with Crippen LogP contribution in [0, 0.1) is 0 Å². The Kier molecular flexibility index (Phi) is 4.89. The molecule has 0 saturated heterocycles. The van der Waals surface area contributed by atoms with Crippen molar-refractivity contribution in [3.63, 3.8) is 0 Å². The van der Waals surface area contributed by atoms with E-state index in [1.807, 2.05) is 6.26 Å². The Labute approximate surface area is 93.1 Å². The quantitative estimate of drug-likeness (QED) is 0.720. The van der Waals surface area contributed by atoms with Crippen molar-refractivity contribution in [3.05, 3.63) is 18.1 Å². The lowest BCUT2D eigenvalue weighted by Crippen LogP contribution is -2.26. The molecule has 82 valence electrons. The van der Waals surface area contributed by atoms with Crippen LogP contribution < -0.4 is 10.6 Å². The summed E-state index contributed by atoms with van der Waals surface area (Å²) in [5.41, 5.74) is 0.336. The number of hydrogen-bond acceptors (Lipinski definition) is 5. The number of anilines is 1. The number of nitrogens with one attached hydrogen (secondary N) is 2. The molecule has 15 heavy (non-hydrogen) atoms. The SMILES string of the molecule is CNc1cncc(C(=O)NCCSC)n1. The number of carbonyl (C=O) groups excluding carboxylic acids is 1. The largest absolute Gasteiger partial charge is 0.372 e. The van der Waals surface area contributed by atoms with Gasteiger partial charge in [-0.2, -0.15) is 11.8 Å². The van der Waals surface area contributed by atoms with E-state index in [-0.39, 0.29) is 5.91 Å².